The monoisotopic (exact) mass is 233 g/mol. The highest BCUT2D eigenvalue weighted by molar-refractivity contribution is 7.80. The van der Waals surface area contributed by atoms with E-state index in [1.165, 1.54) is 5.56 Å². The van der Waals surface area contributed by atoms with Crippen LogP contribution in [-0.2, 0) is 6.54 Å². The van der Waals surface area contributed by atoms with Crippen LogP contribution >= 0.6 is 12.6 Å². The highest BCUT2D eigenvalue weighted by Gasteiger charge is 2.05. The van der Waals surface area contributed by atoms with Gasteiger partial charge in [0.2, 0.25) is 6.20 Å². The Morgan fingerprint density at radius 3 is 2.81 bits per heavy atom. The van der Waals surface area contributed by atoms with Crippen molar-refractivity contribution in [3.05, 3.63) is 54.5 Å². The Hall–Kier alpha value is -1.55. The molecule has 82 valence electrons. The second-order valence-electron chi connectivity index (χ2n) is 3.33. The average molecular weight is 233 g/mol. The maximum Gasteiger partial charge on any atom is 0.280 e. The van der Waals surface area contributed by atoms with Crippen LogP contribution < -0.4 is 9.30 Å². The summed E-state index contributed by atoms with van der Waals surface area (Å²) >= 11 is 3.99. The van der Waals surface area contributed by atoms with E-state index >= 15 is 0 Å². The van der Waals surface area contributed by atoms with Gasteiger partial charge in [-0.05, 0) is 0 Å². The number of rotatable bonds is 4. The van der Waals surface area contributed by atoms with Crippen molar-refractivity contribution in [3.8, 4) is 5.88 Å². The molecule has 4 heteroatoms. The summed E-state index contributed by atoms with van der Waals surface area (Å²) in [6.07, 6.45) is 5.50. The first-order valence-corrected chi connectivity index (χ1v) is 5.64. The number of thiol groups is 1. The smallest absolute Gasteiger partial charge is 0.280 e. The molecule has 0 spiro atoms. The van der Waals surface area contributed by atoms with Crippen LogP contribution in [0.3, 0.4) is 0 Å². The maximum absolute atomic E-state index is 5.22. The normalized spacial score (nSPS) is 10.1. The number of benzene rings is 1. The van der Waals surface area contributed by atoms with Crippen molar-refractivity contribution in [3.63, 3.8) is 0 Å². The zero-order valence-electron chi connectivity index (χ0n) is 8.78. The van der Waals surface area contributed by atoms with E-state index < -0.39 is 0 Å². The van der Waals surface area contributed by atoms with Crippen LogP contribution in [0.1, 0.15) is 5.56 Å². The summed E-state index contributed by atoms with van der Waals surface area (Å²) in [4.78, 5) is 4.08. The van der Waals surface area contributed by atoms with Gasteiger partial charge < -0.3 is 4.74 Å². The lowest BCUT2D eigenvalue weighted by atomic mass is 10.2. The molecule has 0 atom stereocenters. The molecule has 2 rings (SSSR count). The SMILES string of the molecule is SCOc1c[n+](Cc2ccccc2)ccn1. The van der Waals surface area contributed by atoms with Gasteiger partial charge in [-0.3, -0.25) is 0 Å². The summed E-state index contributed by atoms with van der Waals surface area (Å²) in [6, 6.07) is 10.2. The molecule has 2 aromatic rings. The molecule has 0 aliphatic rings. The van der Waals surface area contributed by atoms with Crippen molar-refractivity contribution in [2.45, 2.75) is 6.54 Å². The Balaban J connectivity index is 2.12. The standard InChI is InChI=1S/C12H12N2OS/c16-10-15-12-9-14(7-6-13-12)8-11-4-2-1-3-5-11/h1-7,9H,8,10H2/p+1. The summed E-state index contributed by atoms with van der Waals surface area (Å²) in [7, 11) is 0. The highest BCUT2D eigenvalue weighted by atomic mass is 32.1. The third-order valence-electron chi connectivity index (χ3n) is 2.16. The summed E-state index contributed by atoms with van der Waals surface area (Å²) in [5.41, 5.74) is 1.25. The van der Waals surface area contributed by atoms with Crippen molar-refractivity contribution >= 4 is 12.6 Å². The average Bonchev–Trinajstić information content (AvgIpc) is 2.31. The number of nitrogens with zero attached hydrogens (tertiary/aromatic N) is 2. The van der Waals surface area contributed by atoms with E-state index in [0.717, 1.165) is 6.54 Å². The van der Waals surface area contributed by atoms with Crippen molar-refractivity contribution < 1.29 is 9.30 Å². The summed E-state index contributed by atoms with van der Waals surface area (Å²) in [5.74, 6) is 0.927. The first kappa shape index (κ1) is 11.0. The molecule has 16 heavy (non-hydrogen) atoms. The molecule has 1 aromatic carbocycles. The van der Waals surface area contributed by atoms with E-state index in [9.17, 15) is 0 Å². The van der Waals surface area contributed by atoms with Gasteiger partial charge in [-0.1, -0.05) is 30.3 Å². The minimum Gasteiger partial charge on any atom is -0.463 e. The van der Waals surface area contributed by atoms with Gasteiger partial charge in [0.05, 0.1) is 6.20 Å². The fraction of sp³-hybridized carbons (Fsp3) is 0.167. The van der Waals surface area contributed by atoms with Gasteiger partial charge in [0.15, 0.2) is 12.7 Å². The zero-order chi connectivity index (χ0) is 11.2. The van der Waals surface area contributed by atoms with Crippen LogP contribution in [0.2, 0.25) is 0 Å². The first-order chi connectivity index (χ1) is 7.88. The highest BCUT2D eigenvalue weighted by Crippen LogP contribution is 2.02. The van der Waals surface area contributed by atoms with Crippen LogP contribution in [0.15, 0.2) is 48.9 Å². The molecule has 0 N–H and O–H groups in total. The van der Waals surface area contributed by atoms with Crippen LogP contribution in [0.5, 0.6) is 5.88 Å². The largest absolute Gasteiger partial charge is 0.463 e. The predicted octanol–water partition coefficient (Wildman–Crippen LogP) is 1.68. The van der Waals surface area contributed by atoms with Crippen LogP contribution in [-0.4, -0.2) is 10.9 Å². The quantitative estimate of drug-likeness (QED) is 0.494. The van der Waals surface area contributed by atoms with E-state index in [1.807, 2.05) is 35.2 Å². The second-order valence-corrected chi connectivity index (χ2v) is 3.58. The number of hydrogen-bond acceptors (Lipinski definition) is 3. The van der Waals surface area contributed by atoms with Crippen LogP contribution in [0, 0.1) is 0 Å². The molecule has 0 radical (unpaired) electrons. The lowest BCUT2D eigenvalue weighted by molar-refractivity contribution is -0.689. The van der Waals surface area contributed by atoms with Crippen molar-refractivity contribution in [1.82, 2.24) is 4.98 Å². The zero-order valence-corrected chi connectivity index (χ0v) is 9.68. The second kappa shape index (κ2) is 5.51. The fourth-order valence-corrected chi connectivity index (χ4v) is 1.58. The molecule has 0 amide bonds. The van der Waals surface area contributed by atoms with Crippen molar-refractivity contribution in [2.24, 2.45) is 0 Å². The van der Waals surface area contributed by atoms with E-state index in [0.29, 0.717) is 11.8 Å². The summed E-state index contributed by atoms with van der Waals surface area (Å²) in [6.45, 7) is 0.812. The van der Waals surface area contributed by atoms with E-state index in [4.69, 9.17) is 4.74 Å². The molecular weight excluding hydrogens is 220 g/mol. The van der Waals surface area contributed by atoms with Gasteiger partial charge in [0.1, 0.15) is 5.94 Å². The Morgan fingerprint density at radius 2 is 2.06 bits per heavy atom. The third kappa shape index (κ3) is 2.97. The minimum absolute atomic E-state index is 0.336. The molecule has 0 aliphatic carbocycles. The lowest BCUT2D eigenvalue weighted by Crippen LogP contribution is -2.33. The van der Waals surface area contributed by atoms with Gasteiger partial charge >= 0.3 is 0 Å². The Kier molecular flexibility index (Phi) is 3.77. The third-order valence-corrected chi connectivity index (χ3v) is 2.29. The molecule has 3 nitrogen and oxygen atoms in total. The summed E-state index contributed by atoms with van der Waals surface area (Å²) in [5, 5.41) is 0. The molecule has 0 unspecified atom stereocenters. The number of aromatic nitrogens is 2. The van der Waals surface area contributed by atoms with Gasteiger partial charge in [0, 0.05) is 5.56 Å². The Morgan fingerprint density at radius 1 is 1.25 bits per heavy atom. The molecular formula is C12H13N2OS+. The van der Waals surface area contributed by atoms with Gasteiger partial charge in [0.25, 0.3) is 5.88 Å². The molecule has 0 saturated heterocycles. The van der Waals surface area contributed by atoms with E-state index in [2.05, 4.69) is 29.7 Å². The lowest BCUT2D eigenvalue weighted by Gasteiger charge is -2.00. The molecule has 0 aliphatic heterocycles. The van der Waals surface area contributed by atoms with Gasteiger partial charge in [-0.25, -0.2) is 4.98 Å². The van der Waals surface area contributed by atoms with Gasteiger partial charge in [-0.15, -0.1) is 12.6 Å². The van der Waals surface area contributed by atoms with Crippen LogP contribution in [0.25, 0.3) is 0 Å². The maximum atomic E-state index is 5.22. The molecule has 0 fully saturated rings. The van der Waals surface area contributed by atoms with Crippen LogP contribution in [0.4, 0.5) is 0 Å². The van der Waals surface area contributed by atoms with Crippen molar-refractivity contribution in [1.29, 1.82) is 0 Å². The fourth-order valence-electron chi connectivity index (χ4n) is 1.44. The topological polar surface area (TPSA) is 26.0 Å². The number of hydrogen-bond donors (Lipinski definition) is 1. The Labute approximate surface area is 100 Å². The molecule has 0 bridgehead atoms. The molecule has 1 heterocycles. The number of ether oxygens (including phenoxy) is 1. The Bertz CT molecular complexity index is 448. The van der Waals surface area contributed by atoms with Crippen molar-refractivity contribution in [2.75, 3.05) is 5.94 Å². The van der Waals surface area contributed by atoms with E-state index in [1.54, 1.807) is 6.20 Å². The molecule has 0 saturated carbocycles. The predicted molar refractivity (Wildman–Crippen MR) is 64.5 cm³/mol. The first-order valence-electron chi connectivity index (χ1n) is 5.01. The van der Waals surface area contributed by atoms with E-state index in [-0.39, 0.29) is 0 Å². The van der Waals surface area contributed by atoms with Gasteiger partial charge in [-0.2, -0.15) is 4.57 Å². The molecule has 1 aromatic heterocycles. The summed E-state index contributed by atoms with van der Waals surface area (Å²) < 4.78 is 7.25. The minimum atomic E-state index is 0.336.